The van der Waals surface area contributed by atoms with Gasteiger partial charge in [0.05, 0.1) is 13.2 Å². The third kappa shape index (κ3) is 4.53. The maximum atomic E-state index is 12.5. The normalized spacial score (nSPS) is 17.3. The summed E-state index contributed by atoms with van der Waals surface area (Å²) in [7, 11) is 1.62. The fourth-order valence-electron chi connectivity index (χ4n) is 3.46. The Kier molecular flexibility index (Phi) is 5.75. The lowest BCUT2D eigenvalue weighted by atomic mass is 9.89. The first-order valence-corrected chi connectivity index (χ1v) is 9.62. The quantitative estimate of drug-likeness (QED) is 0.781. The molecular weight excluding hydrogens is 378 g/mol. The van der Waals surface area contributed by atoms with Gasteiger partial charge in [0.2, 0.25) is 0 Å². The minimum atomic E-state index is -0.400. The first kappa shape index (κ1) is 20.3. The lowest BCUT2D eigenvalue weighted by Gasteiger charge is -2.38. The average molecular weight is 404 g/mol. The van der Waals surface area contributed by atoms with Crippen molar-refractivity contribution in [2.75, 3.05) is 13.7 Å². The molecule has 0 unspecified atom stereocenters. The minimum absolute atomic E-state index is 0.0657. The summed E-state index contributed by atoms with van der Waals surface area (Å²) >= 11 is 6.18. The van der Waals surface area contributed by atoms with E-state index in [0.717, 1.165) is 28.2 Å². The number of carbonyl (C=O) groups excluding carboxylic acids is 1. The zero-order valence-electron chi connectivity index (χ0n) is 16.9. The molecule has 2 aromatic carbocycles. The zero-order chi connectivity index (χ0) is 20.5. The summed E-state index contributed by atoms with van der Waals surface area (Å²) in [6.45, 7) is 7.77. The highest BCUT2D eigenvalue weighted by Crippen LogP contribution is 2.41. The van der Waals surface area contributed by atoms with Crippen LogP contribution in [0.3, 0.4) is 0 Å². The van der Waals surface area contributed by atoms with Gasteiger partial charge in [0.15, 0.2) is 6.61 Å². The van der Waals surface area contributed by atoms with E-state index in [0.29, 0.717) is 17.2 Å². The highest BCUT2D eigenvalue weighted by Gasteiger charge is 2.34. The number of fused-ring (bicyclic) bond motifs is 1. The molecule has 0 spiro atoms. The SMILES string of the molecule is COc1ccc2c(c1)OC(C)(C)C[C@@H]2NC(=O)COc1cc(C)c(Cl)c(C)c1. The van der Waals surface area contributed by atoms with Crippen molar-refractivity contribution in [3.63, 3.8) is 0 Å². The van der Waals surface area contributed by atoms with Crippen LogP contribution in [0.15, 0.2) is 30.3 Å². The Bertz CT molecular complexity index is 871. The molecule has 6 heteroatoms. The van der Waals surface area contributed by atoms with Crippen LogP contribution in [0.25, 0.3) is 0 Å². The van der Waals surface area contributed by atoms with Gasteiger partial charge in [-0.1, -0.05) is 11.6 Å². The summed E-state index contributed by atoms with van der Waals surface area (Å²) in [5.74, 6) is 1.89. The van der Waals surface area contributed by atoms with Crippen LogP contribution in [-0.2, 0) is 4.79 Å². The van der Waals surface area contributed by atoms with Crippen molar-refractivity contribution in [3.8, 4) is 17.2 Å². The molecule has 3 rings (SSSR count). The number of hydrogen-bond acceptors (Lipinski definition) is 4. The Balaban J connectivity index is 1.70. The van der Waals surface area contributed by atoms with Crippen molar-refractivity contribution in [2.45, 2.75) is 45.8 Å². The molecule has 2 aromatic rings. The molecule has 0 radical (unpaired) electrons. The van der Waals surface area contributed by atoms with E-state index in [4.69, 9.17) is 25.8 Å². The maximum Gasteiger partial charge on any atom is 0.258 e. The van der Waals surface area contributed by atoms with Crippen LogP contribution in [0.2, 0.25) is 5.02 Å². The standard InChI is InChI=1S/C22H26ClNO4/c1-13-8-16(9-14(2)21(13)23)27-12-20(25)24-18-11-22(3,4)28-19-10-15(26-5)6-7-17(18)19/h6-10,18H,11-12H2,1-5H3,(H,24,25)/t18-/m0/s1. The molecule has 0 bridgehead atoms. The van der Waals surface area contributed by atoms with Crippen molar-refractivity contribution in [1.82, 2.24) is 5.32 Å². The van der Waals surface area contributed by atoms with Crippen LogP contribution < -0.4 is 19.5 Å². The van der Waals surface area contributed by atoms with E-state index < -0.39 is 5.60 Å². The fourth-order valence-corrected chi connectivity index (χ4v) is 3.57. The molecule has 0 aliphatic carbocycles. The molecular formula is C22H26ClNO4. The fraction of sp³-hybridized carbons (Fsp3) is 0.409. The number of hydrogen-bond donors (Lipinski definition) is 1. The largest absolute Gasteiger partial charge is 0.497 e. The molecule has 1 atom stereocenters. The summed E-state index contributed by atoms with van der Waals surface area (Å²) in [6.07, 6.45) is 0.664. The third-order valence-corrected chi connectivity index (χ3v) is 5.39. The van der Waals surface area contributed by atoms with Gasteiger partial charge in [0.25, 0.3) is 5.91 Å². The molecule has 150 valence electrons. The van der Waals surface area contributed by atoms with Crippen LogP contribution in [0.1, 0.15) is 43.0 Å². The Morgan fingerprint density at radius 1 is 1.21 bits per heavy atom. The number of carbonyl (C=O) groups is 1. The second kappa shape index (κ2) is 7.92. The van der Waals surface area contributed by atoms with Gasteiger partial charge >= 0.3 is 0 Å². The highest BCUT2D eigenvalue weighted by molar-refractivity contribution is 6.32. The number of methoxy groups -OCH3 is 1. The summed E-state index contributed by atoms with van der Waals surface area (Å²) in [5, 5.41) is 3.78. The first-order valence-electron chi connectivity index (χ1n) is 9.24. The second-order valence-corrected chi connectivity index (χ2v) is 8.13. The third-order valence-electron chi connectivity index (χ3n) is 4.79. The van der Waals surface area contributed by atoms with E-state index in [1.165, 1.54) is 0 Å². The van der Waals surface area contributed by atoms with Crippen LogP contribution in [0.4, 0.5) is 0 Å². The summed E-state index contributed by atoms with van der Waals surface area (Å²) < 4.78 is 17.0. The molecule has 0 fully saturated rings. The Morgan fingerprint density at radius 3 is 2.54 bits per heavy atom. The topological polar surface area (TPSA) is 56.8 Å². The van der Waals surface area contributed by atoms with Crippen molar-refractivity contribution in [2.24, 2.45) is 0 Å². The van der Waals surface area contributed by atoms with Crippen LogP contribution in [0, 0.1) is 13.8 Å². The monoisotopic (exact) mass is 403 g/mol. The number of aryl methyl sites for hydroxylation is 2. The van der Waals surface area contributed by atoms with Gasteiger partial charge in [-0.15, -0.1) is 0 Å². The molecule has 1 amide bonds. The average Bonchev–Trinajstić information content (AvgIpc) is 2.62. The smallest absolute Gasteiger partial charge is 0.258 e. The molecule has 0 aromatic heterocycles. The molecule has 1 aliphatic heterocycles. The van der Waals surface area contributed by atoms with E-state index in [1.807, 2.05) is 58.0 Å². The van der Waals surface area contributed by atoms with Crippen molar-refractivity contribution in [3.05, 3.63) is 52.0 Å². The van der Waals surface area contributed by atoms with Crippen molar-refractivity contribution < 1.29 is 19.0 Å². The second-order valence-electron chi connectivity index (χ2n) is 7.75. The molecule has 1 aliphatic rings. The number of amides is 1. The van der Waals surface area contributed by atoms with Crippen molar-refractivity contribution in [1.29, 1.82) is 0 Å². The number of benzene rings is 2. The molecule has 0 saturated carbocycles. The highest BCUT2D eigenvalue weighted by atomic mass is 35.5. The van der Waals surface area contributed by atoms with Crippen LogP contribution in [-0.4, -0.2) is 25.2 Å². The number of nitrogens with one attached hydrogen (secondary N) is 1. The summed E-state index contributed by atoms with van der Waals surface area (Å²) in [4.78, 5) is 12.5. The predicted molar refractivity (Wildman–Crippen MR) is 110 cm³/mol. The molecule has 28 heavy (non-hydrogen) atoms. The van der Waals surface area contributed by atoms with Gasteiger partial charge in [-0.25, -0.2) is 0 Å². The molecule has 5 nitrogen and oxygen atoms in total. The van der Waals surface area contributed by atoms with E-state index in [1.54, 1.807) is 7.11 Å². The Morgan fingerprint density at radius 2 is 1.89 bits per heavy atom. The molecule has 0 saturated heterocycles. The van der Waals surface area contributed by atoms with E-state index in [9.17, 15) is 4.79 Å². The van der Waals surface area contributed by atoms with Crippen LogP contribution >= 0.6 is 11.6 Å². The van der Waals surface area contributed by atoms with Gasteiger partial charge in [-0.2, -0.15) is 0 Å². The number of ether oxygens (including phenoxy) is 3. The van der Waals surface area contributed by atoms with E-state index in [-0.39, 0.29) is 18.6 Å². The van der Waals surface area contributed by atoms with Gasteiger partial charge in [-0.05, 0) is 63.1 Å². The van der Waals surface area contributed by atoms with Gasteiger partial charge in [-0.3, -0.25) is 4.79 Å². The summed E-state index contributed by atoms with van der Waals surface area (Å²) in [5.41, 5.74) is 2.38. The minimum Gasteiger partial charge on any atom is -0.497 e. The number of rotatable bonds is 5. The molecule has 1 N–H and O–H groups in total. The van der Waals surface area contributed by atoms with Gasteiger partial charge in [0, 0.05) is 23.1 Å². The lowest BCUT2D eigenvalue weighted by molar-refractivity contribution is -0.124. The lowest BCUT2D eigenvalue weighted by Crippen LogP contribution is -2.42. The number of halogens is 1. The van der Waals surface area contributed by atoms with Gasteiger partial charge < -0.3 is 19.5 Å². The predicted octanol–water partition coefficient (Wildman–Crippen LogP) is 4.76. The van der Waals surface area contributed by atoms with Crippen LogP contribution in [0.5, 0.6) is 17.2 Å². The van der Waals surface area contributed by atoms with Gasteiger partial charge in [0.1, 0.15) is 22.8 Å². The maximum absolute atomic E-state index is 12.5. The zero-order valence-corrected chi connectivity index (χ0v) is 17.6. The first-order chi connectivity index (χ1) is 13.2. The summed E-state index contributed by atoms with van der Waals surface area (Å²) in [6, 6.07) is 9.17. The Labute approximate surface area is 170 Å². The van der Waals surface area contributed by atoms with Crippen molar-refractivity contribution >= 4 is 17.5 Å². The van der Waals surface area contributed by atoms with E-state index >= 15 is 0 Å². The van der Waals surface area contributed by atoms with E-state index in [2.05, 4.69) is 5.32 Å². The Hall–Kier alpha value is -2.40. The molecule has 1 heterocycles.